The maximum Gasteiger partial charge on any atom is 0.337 e. The number of pyridine rings is 1. The Balaban J connectivity index is 1.55. The summed E-state index contributed by atoms with van der Waals surface area (Å²) in [6.45, 7) is 4.09. The second-order valence-corrected chi connectivity index (χ2v) is 6.51. The van der Waals surface area contributed by atoms with Crippen molar-refractivity contribution >= 4 is 11.8 Å². The fourth-order valence-electron chi connectivity index (χ4n) is 3.69. The fourth-order valence-corrected chi connectivity index (χ4v) is 3.69. The lowest BCUT2D eigenvalue weighted by molar-refractivity contribution is 0.0696. The normalized spacial score (nSPS) is 25.9. The van der Waals surface area contributed by atoms with Crippen molar-refractivity contribution < 1.29 is 9.90 Å². The molecule has 112 valence electrons. The Hall–Kier alpha value is -2.36. The van der Waals surface area contributed by atoms with Crippen LogP contribution in [0.25, 0.3) is 0 Å². The monoisotopic (exact) mass is 294 g/mol. The van der Waals surface area contributed by atoms with Gasteiger partial charge in [-0.1, -0.05) is 29.8 Å². The first-order valence-electron chi connectivity index (χ1n) is 7.60. The summed E-state index contributed by atoms with van der Waals surface area (Å²) >= 11 is 0. The Labute approximate surface area is 129 Å². The highest BCUT2D eigenvalue weighted by Gasteiger charge is 2.60. The second-order valence-electron chi connectivity index (χ2n) is 6.51. The molecule has 22 heavy (non-hydrogen) atoms. The van der Waals surface area contributed by atoms with E-state index < -0.39 is 5.97 Å². The molecule has 1 N–H and O–H groups in total. The molecule has 0 bridgehead atoms. The number of fused-ring (bicyclic) bond motifs is 1. The van der Waals surface area contributed by atoms with Crippen LogP contribution in [0.15, 0.2) is 42.6 Å². The third kappa shape index (κ3) is 1.98. The molecule has 0 amide bonds. The summed E-state index contributed by atoms with van der Waals surface area (Å²) in [4.78, 5) is 17.5. The zero-order valence-electron chi connectivity index (χ0n) is 12.5. The van der Waals surface area contributed by atoms with Crippen LogP contribution in [0.4, 0.5) is 5.82 Å². The van der Waals surface area contributed by atoms with Crippen molar-refractivity contribution in [3.05, 3.63) is 59.3 Å². The second kappa shape index (κ2) is 4.57. The minimum atomic E-state index is -0.931. The Morgan fingerprint density at radius 3 is 2.68 bits per heavy atom. The average Bonchev–Trinajstić information content (AvgIpc) is 3.10. The average molecular weight is 294 g/mol. The Bertz CT molecular complexity index is 724. The number of aromatic carboxylic acids is 1. The predicted molar refractivity (Wildman–Crippen MR) is 84.4 cm³/mol. The number of anilines is 1. The summed E-state index contributed by atoms with van der Waals surface area (Å²) in [6, 6.07) is 12.3. The summed E-state index contributed by atoms with van der Waals surface area (Å²) in [7, 11) is 0. The molecule has 1 aromatic carbocycles. The van der Waals surface area contributed by atoms with Crippen molar-refractivity contribution in [1.82, 2.24) is 4.98 Å². The van der Waals surface area contributed by atoms with E-state index in [2.05, 4.69) is 41.1 Å². The molecular weight excluding hydrogens is 276 g/mol. The summed E-state index contributed by atoms with van der Waals surface area (Å²) in [5.74, 6) is 0.638. The van der Waals surface area contributed by atoms with E-state index in [0.717, 1.165) is 18.9 Å². The van der Waals surface area contributed by atoms with Crippen LogP contribution in [-0.2, 0) is 5.41 Å². The zero-order valence-corrected chi connectivity index (χ0v) is 12.5. The lowest BCUT2D eigenvalue weighted by Gasteiger charge is -2.22. The van der Waals surface area contributed by atoms with Gasteiger partial charge in [0, 0.05) is 24.7 Å². The standard InChI is InChI=1S/C18H18N2O2/c1-12-2-5-14(6-3-12)18-8-15(18)10-20(11-18)16-7-4-13(9-19-16)17(21)22/h2-7,9,15H,8,10-11H2,1H3,(H,21,22). The number of aromatic nitrogens is 1. The van der Waals surface area contributed by atoms with E-state index in [0.29, 0.717) is 5.92 Å². The number of piperidine rings is 1. The van der Waals surface area contributed by atoms with Gasteiger partial charge < -0.3 is 10.0 Å². The lowest BCUT2D eigenvalue weighted by atomic mass is 9.94. The van der Waals surface area contributed by atoms with Crippen molar-refractivity contribution in [2.45, 2.75) is 18.8 Å². The van der Waals surface area contributed by atoms with Crippen molar-refractivity contribution in [2.75, 3.05) is 18.0 Å². The molecule has 2 aliphatic rings. The molecule has 2 atom stereocenters. The number of rotatable bonds is 3. The molecule has 4 rings (SSSR count). The number of carbonyl (C=O) groups is 1. The van der Waals surface area contributed by atoms with Gasteiger partial charge in [0.1, 0.15) is 5.82 Å². The van der Waals surface area contributed by atoms with E-state index in [1.165, 1.54) is 23.7 Å². The Morgan fingerprint density at radius 1 is 1.27 bits per heavy atom. The van der Waals surface area contributed by atoms with Crippen molar-refractivity contribution in [1.29, 1.82) is 0 Å². The number of carboxylic acid groups (broad SMARTS) is 1. The number of carboxylic acids is 1. The maximum atomic E-state index is 10.9. The number of hydrogen-bond donors (Lipinski definition) is 1. The van der Waals surface area contributed by atoms with E-state index in [-0.39, 0.29) is 11.0 Å². The predicted octanol–water partition coefficient (Wildman–Crippen LogP) is 2.87. The molecule has 1 aliphatic heterocycles. The highest BCUT2D eigenvalue weighted by molar-refractivity contribution is 5.87. The molecule has 1 aromatic heterocycles. The van der Waals surface area contributed by atoms with Gasteiger partial charge in [-0.2, -0.15) is 0 Å². The van der Waals surface area contributed by atoms with Crippen LogP contribution < -0.4 is 4.90 Å². The van der Waals surface area contributed by atoms with Crippen LogP contribution in [0.1, 0.15) is 27.9 Å². The van der Waals surface area contributed by atoms with Gasteiger partial charge >= 0.3 is 5.97 Å². The highest BCUT2D eigenvalue weighted by Crippen LogP contribution is 2.59. The molecule has 2 heterocycles. The van der Waals surface area contributed by atoms with Gasteiger partial charge in [-0.3, -0.25) is 0 Å². The smallest absolute Gasteiger partial charge is 0.337 e. The van der Waals surface area contributed by atoms with Crippen LogP contribution in [0, 0.1) is 12.8 Å². The van der Waals surface area contributed by atoms with Crippen LogP contribution in [0.3, 0.4) is 0 Å². The zero-order chi connectivity index (χ0) is 15.3. The third-order valence-corrected chi connectivity index (χ3v) is 5.09. The molecule has 2 fully saturated rings. The molecule has 4 nitrogen and oxygen atoms in total. The van der Waals surface area contributed by atoms with Crippen LogP contribution in [0.2, 0.25) is 0 Å². The molecule has 2 unspecified atom stereocenters. The van der Waals surface area contributed by atoms with Gasteiger partial charge in [0.2, 0.25) is 0 Å². The van der Waals surface area contributed by atoms with Gasteiger partial charge in [0.25, 0.3) is 0 Å². The first kappa shape index (κ1) is 13.3. The van der Waals surface area contributed by atoms with Crippen LogP contribution >= 0.6 is 0 Å². The number of aryl methyl sites for hydroxylation is 1. The van der Waals surface area contributed by atoms with Gasteiger partial charge in [0.05, 0.1) is 5.56 Å². The van der Waals surface area contributed by atoms with E-state index in [9.17, 15) is 4.79 Å². The molecule has 0 radical (unpaired) electrons. The van der Waals surface area contributed by atoms with E-state index in [1.807, 2.05) is 6.07 Å². The molecular formula is C18H18N2O2. The fraction of sp³-hybridized carbons (Fsp3) is 0.333. The van der Waals surface area contributed by atoms with Gasteiger partial charge in [0.15, 0.2) is 0 Å². The summed E-state index contributed by atoms with van der Waals surface area (Å²) in [5, 5.41) is 8.95. The van der Waals surface area contributed by atoms with Gasteiger partial charge in [-0.25, -0.2) is 9.78 Å². The minimum Gasteiger partial charge on any atom is -0.478 e. The van der Waals surface area contributed by atoms with E-state index in [4.69, 9.17) is 5.11 Å². The van der Waals surface area contributed by atoms with Crippen molar-refractivity contribution in [2.24, 2.45) is 5.92 Å². The summed E-state index contributed by atoms with van der Waals surface area (Å²) in [5.41, 5.74) is 3.23. The topological polar surface area (TPSA) is 53.4 Å². The first-order chi connectivity index (χ1) is 10.6. The molecule has 4 heteroatoms. The quantitative estimate of drug-likeness (QED) is 0.945. The Morgan fingerprint density at radius 2 is 2.05 bits per heavy atom. The molecule has 1 saturated heterocycles. The summed E-state index contributed by atoms with van der Waals surface area (Å²) < 4.78 is 0. The summed E-state index contributed by atoms with van der Waals surface area (Å²) in [6.07, 6.45) is 2.69. The first-order valence-corrected chi connectivity index (χ1v) is 7.60. The van der Waals surface area contributed by atoms with E-state index >= 15 is 0 Å². The van der Waals surface area contributed by atoms with Gasteiger partial charge in [-0.15, -0.1) is 0 Å². The van der Waals surface area contributed by atoms with Crippen LogP contribution in [0.5, 0.6) is 0 Å². The highest BCUT2D eigenvalue weighted by atomic mass is 16.4. The lowest BCUT2D eigenvalue weighted by Crippen LogP contribution is -2.27. The minimum absolute atomic E-state index is 0.237. The third-order valence-electron chi connectivity index (χ3n) is 5.09. The van der Waals surface area contributed by atoms with Crippen molar-refractivity contribution in [3.63, 3.8) is 0 Å². The largest absolute Gasteiger partial charge is 0.478 e. The number of benzene rings is 1. The van der Waals surface area contributed by atoms with Gasteiger partial charge in [-0.05, 0) is 37.0 Å². The number of hydrogen-bond acceptors (Lipinski definition) is 3. The van der Waals surface area contributed by atoms with Crippen molar-refractivity contribution in [3.8, 4) is 0 Å². The molecule has 2 aromatic rings. The maximum absolute atomic E-state index is 10.9. The Kier molecular flexibility index (Phi) is 2.76. The molecule has 1 aliphatic carbocycles. The molecule has 1 saturated carbocycles. The molecule has 0 spiro atoms. The van der Waals surface area contributed by atoms with E-state index in [1.54, 1.807) is 6.07 Å². The SMILES string of the molecule is Cc1ccc(C23CC2CN(c2ccc(C(=O)O)cn2)C3)cc1. The van der Waals surface area contributed by atoms with Crippen LogP contribution in [-0.4, -0.2) is 29.1 Å². The number of nitrogens with zero attached hydrogens (tertiary/aromatic N) is 2.